The van der Waals surface area contributed by atoms with Crippen LogP contribution in [0.3, 0.4) is 0 Å². The lowest BCUT2D eigenvalue weighted by molar-refractivity contribution is 0.370. The summed E-state index contributed by atoms with van der Waals surface area (Å²) < 4.78 is 0. The highest BCUT2D eigenvalue weighted by Crippen LogP contribution is 2.37. The minimum Gasteiger partial charge on any atom is -0.303 e. The molecule has 3 rings (SSSR count). The maximum absolute atomic E-state index is 4.53. The molecule has 1 aliphatic rings. The number of aromatic nitrogens is 1. The van der Waals surface area contributed by atoms with Crippen LogP contribution in [-0.4, -0.2) is 4.98 Å². The number of thiazole rings is 1. The van der Waals surface area contributed by atoms with Gasteiger partial charge in [0.1, 0.15) is 5.01 Å². The van der Waals surface area contributed by atoms with Crippen LogP contribution in [-0.2, 0) is 13.0 Å². The molecule has 20 heavy (non-hydrogen) atoms. The van der Waals surface area contributed by atoms with E-state index in [2.05, 4.69) is 34.7 Å². The van der Waals surface area contributed by atoms with Gasteiger partial charge in [-0.1, -0.05) is 25.8 Å². The zero-order valence-electron chi connectivity index (χ0n) is 12.0. The standard InChI is InChI=1S/C16H22N2S2/c1-2-13-10-17-15(20-13)11-18-16(12-6-3-4-7-12)14-8-5-9-19-14/h5,8-10,12,16,18H,2-4,6-7,11H2,1H3. The number of rotatable bonds is 6. The topological polar surface area (TPSA) is 24.9 Å². The van der Waals surface area contributed by atoms with Crippen molar-refractivity contribution in [2.24, 2.45) is 5.92 Å². The van der Waals surface area contributed by atoms with Gasteiger partial charge in [-0.15, -0.1) is 22.7 Å². The molecule has 2 nitrogen and oxygen atoms in total. The lowest BCUT2D eigenvalue weighted by Crippen LogP contribution is -2.26. The van der Waals surface area contributed by atoms with Gasteiger partial charge in [-0.3, -0.25) is 0 Å². The van der Waals surface area contributed by atoms with Crippen molar-refractivity contribution in [3.05, 3.63) is 38.5 Å². The second-order valence-electron chi connectivity index (χ2n) is 5.49. The van der Waals surface area contributed by atoms with Gasteiger partial charge in [0.15, 0.2) is 0 Å². The second kappa shape index (κ2) is 6.83. The van der Waals surface area contributed by atoms with Crippen molar-refractivity contribution >= 4 is 22.7 Å². The fourth-order valence-corrected chi connectivity index (χ4v) is 4.76. The first-order valence-corrected chi connectivity index (χ1v) is 9.26. The summed E-state index contributed by atoms with van der Waals surface area (Å²) in [5.74, 6) is 0.805. The molecule has 0 amide bonds. The Bertz CT molecular complexity index is 512. The molecule has 108 valence electrons. The van der Waals surface area contributed by atoms with Crippen molar-refractivity contribution < 1.29 is 0 Å². The molecular weight excluding hydrogens is 284 g/mol. The highest BCUT2D eigenvalue weighted by molar-refractivity contribution is 7.11. The second-order valence-corrected chi connectivity index (χ2v) is 7.67. The average molecular weight is 307 g/mol. The maximum atomic E-state index is 4.53. The molecule has 1 N–H and O–H groups in total. The van der Waals surface area contributed by atoms with Crippen molar-refractivity contribution in [3.8, 4) is 0 Å². The van der Waals surface area contributed by atoms with Gasteiger partial charge >= 0.3 is 0 Å². The maximum Gasteiger partial charge on any atom is 0.107 e. The van der Waals surface area contributed by atoms with E-state index < -0.39 is 0 Å². The minimum atomic E-state index is 0.520. The van der Waals surface area contributed by atoms with Crippen LogP contribution in [0.25, 0.3) is 0 Å². The summed E-state index contributed by atoms with van der Waals surface area (Å²) in [6.07, 6.45) is 8.64. The summed E-state index contributed by atoms with van der Waals surface area (Å²) >= 11 is 3.73. The normalized spacial score (nSPS) is 17.6. The zero-order chi connectivity index (χ0) is 13.8. The van der Waals surface area contributed by atoms with E-state index >= 15 is 0 Å². The molecule has 0 spiro atoms. The van der Waals surface area contributed by atoms with Crippen LogP contribution < -0.4 is 5.32 Å². The first-order valence-electron chi connectivity index (χ1n) is 7.57. The molecule has 4 heteroatoms. The Kier molecular flexibility index (Phi) is 4.86. The van der Waals surface area contributed by atoms with Crippen LogP contribution in [0.5, 0.6) is 0 Å². The van der Waals surface area contributed by atoms with Crippen LogP contribution >= 0.6 is 22.7 Å². The number of aryl methyl sites for hydroxylation is 1. The molecule has 2 aromatic heterocycles. The van der Waals surface area contributed by atoms with Gasteiger partial charge in [0.2, 0.25) is 0 Å². The van der Waals surface area contributed by atoms with E-state index in [1.807, 2.05) is 28.9 Å². The van der Waals surface area contributed by atoms with E-state index in [0.717, 1.165) is 18.9 Å². The smallest absolute Gasteiger partial charge is 0.107 e. The largest absolute Gasteiger partial charge is 0.303 e. The first-order chi connectivity index (χ1) is 9.86. The number of hydrogen-bond donors (Lipinski definition) is 1. The highest BCUT2D eigenvalue weighted by atomic mass is 32.1. The quantitative estimate of drug-likeness (QED) is 0.830. The van der Waals surface area contributed by atoms with Crippen molar-refractivity contribution in [1.29, 1.82) is 0 Å². The molecule has 1 atom stereocenters. The van der Waals surface area contributed by atoms with Crippen molar-refractivity contribution in [1.82, 2.24) is 10.3 Å². The SMILES string of the molecule is CCc1cnc(CNC(c2cccs2)C2CCCC2)s1. The summed E-state index contributed by atoms with van der Waals surface area (Å²) in [5.41, 5.74) is 0. The summed E-state index contributed by atoms with van der Waals surface area (Å²) in [5, 5.41) is 7.19. The average Bonchev–Trinajstić information content (AvgIpc) is 3.22. The molecule has 2 aromatic rings. The van der Waals surface area contributed by atoms with Gasteiger partial charge < -0.3 is 5.32 Å². The van der Waals surface area contributed by atoms with Crippen molar-refractivity contribution in [2.45, 2.75) is 51.6 Å². The minimum absolute atomic E-state index is 0.520. The van der Waals surface area contributed by atoms with Gasteiger partial charge in [0.25, 0.3) is 0 Å². The number of thiophene rings is 1. The van der Waals surface area contributed by atoms with E-state index in [1.54, 1.807) is 0 Å². The Morgan fingerprint density at radius 3 is 2.90 bits per heavy atom. The first kappa shape index (κ1) is 14.2. The van der Waals surface area contributed by atoms with E-state index in [1.165, 1.54) is 40.4 Å². The Hall–Kier alpha value is -0.710. The highest BCUT2D eigenvalue weighted by Gasteiger charge is 2.26. The van der Waals surface area contributed by atoms with Crippen LogP contribution in [0, 0.1) is 5.92 Å². The molecule has 0 bridgehead atoms. The monoisotopic (exact) mass is 306 g/mol. The molecule has 2 heterocycles. The zero-order valence-corrected chi connectivity index (χ0v) is 13.6. The lowest BCUT2D eigenvalue weighted by Gasteiger charge is -2.23. The molecule has 0 aromatic carbocycles. The predicted octanol–water partition coefficient (Wildman–Crippen LogP) is 4.79. The number of nitrogens with zero attached hydrogens (tertiary/aromatic N) is 1. The molecule has 0 aliphatic heterocycles. The third kappa shape index (κ3) is 3.30. The van der Waals surface area contributed by atoms with E-state index in [4.69, 9.17) is 0 Å². The summed E-state index contributed by atoms with van der Waals surface area (Å²) in [7, 11) is 0. The van der Waals surface area contributed by atoms with Gasteiger partial charge in [0, 0.05) is 28.5 Å². The van der Waals surface area contributed by atoms with E-state index in [-0.39, 0.29) is 0 Å². The molecule has 0 radical (unpaired) electrons. The lowest BCUT2D eigenvalue weighted by atomic mass is 9.97. The van der Waals surface area contributed by atoms with Crippen molar-refractivity contribution in [3.63, 3.8) is 0 Å². The van der Waals surface area contributed by atoms with Gasteiger partial charge in [-0.2, -0.15) is 0 Å². The van der Waals surface area contributed by atoms with E-state index in [0.29, 0.717) is 6.04 Å². The summed E-state index contributed by atoms with van der Waals surface area (Å²) in [6.45, 7) is 3.10. The van der Waals surface area contributed by atoms with E-state index in [9.17, 15) is 0 Å². The number of nitrogens with one attached hydrogen (secondary N) is 1. The Balaban J connectivity index is 1.66. The fourth-order valence-electron chi connectivity index (χ4n) is 3.05. The summed E-state index contributed by atoms with van der Waals surface area (Å²) in [4.78, 5) is 7.40. The predicted molar refractivity (Wildman–Crippen MR) is 87.3 cm³/mol. The van der Waals surface area contributed by atoms with Crippen LogP contribution in [0.1, 0.15) is 53.4 Å². The summed E-state index contributed by atoms with van der Waals surface area (Å²) in [6, 6.07) is 4.97. The van der Waals surface area contributed by atoms with Crippen LogP contribution in [0.2, 0.25) is 0 Å². The third-order valence-corrected chi connectivity index (χ3v) is 6.24. The number of hydrogen-bond acceptors (Lipinski definition) is 4. The van der Waals surface area contributed by atoms with Gasteiger partial charge in [-0.05, 0) is 36.6 Å². The molecular formula is C16H22N2S2. The Labute approximate surface area is 129 Å². The van der Waals surface area contributed by atoms with Gasteiger partial charge in [-0.25, -0.2) is 4.98 Å². The van der Waals surface area contributed by atoms with Gasteiger partial charge in [0.05, 0.1) is 0 Å². The molecule has 0 saturated heterocycles. The Morgan fingerprint density at radius 2 is 2.25 bits per heavy atom. The van der Waals surface area contributed by atoms with Crippen LogP contribution in [0.4, 0.5) is 0 Å². The molecule has 1 aliphatic carbocycles. The fraction of sp³-hybridized carbons (Fsp3) is 0.562. The molecule has 1 fully saturated rings. The third-order valence-electron chi connectivity index (χ3n) is 4.14. The molecule has 1 unspecified atom stereocenters. The Morgan fingerprint density at radius 1 is 1.40 bits per heavy atom. The van der Waals surface area contributed by atoms with Crippen molar-refractivity contribution in [2.75, 3.05) is 0 Å². The molecule has 1 saturated carbocycles. The van der Waals surface area contributed by atoms with Crippen LogP contribution in [0.15, 0.2) is 23.7 Å².